The van der Waals surface area contributed by atoms with Crippen LogP contribution in [0, 0.1) is 18.6 Å². The number of halogens is 2. The summed E-state index contributed by atoms with van der Waals surface area (Å²) in [7, 11) is 0. The lowest BCUT2D eigenvalue weighted by Crippen LogP contribution is -2.03. The fourth-order valence-electron chi connectivity index (χ4n) is 3.07. The minimum atomic E-state index is -1.14. The van der Waals surface area contributed by atoms with Gasteiger partial charge in [0.1, 0.15) is 23.4 Å². The van der Waals surface area contributed by atoms with Gasteiger partial charge in [0.2, 0.25) is 0 Å². The molecule has 0 fully saturated rings. The molecular formula is C22H16F2N2O2. The predicted molar refractivity (Wildman–Crippen MR) is 100 cm³/mol. The summed E-state index contributed by atoms with van der Waals surface area (Å²) in [5.74, 6) is -1.15. The van der Waals surface area contributed by atoms with Crippen LogP contribution in [0.5, 0.6) is 0 Å². The fourth-order valence-corrected chi connectivity index (χ4v) is 3.07. The van der Waals surface area contributed by atoms with Gasteiger partial charge in [0.25, 0.3) is 0 Å². The smallest absolute Gasteiger partial charge is 0.173 e. The van der Waals surface area contributed by atoms with E-state index < -0.39 is 17.7 Å². The first-order valence-electron chi connectivity index (χ1n) is 8.64. The van der Waals surface area contributed by atoms with Crippen LogP contribution in [0.4, 0.5) is 8.78 Å². The standard InChI is InChI=1S/C22H16F2N2O2/c1-13-4-6-14(7-5-13)22-19(21(27)15-3-2-8-25-12-15)20(26-28-22)16-9-17(23)11-18(24)10-16/h2-12,21,27H,1H3. The van der Waals surface area contributed by atoms with Crippen LogP contribution in [-0.2, 0) is 0 Å². The summed E-state index contributed by atoms with van der Waals surface area (Å²) >= 11 is 0. The zero-order valence-electron chi connectivity index (χ0n) is 14.9. The van der Waals surface area contributed by atoms with E-state index in [0.717, 1.165) is 23.8 Å². The molecule has 0 bridgehead atoms. The van der Waals surface area contributed by atoms with Gasteiger partial charge < -0.3 is 9.63 Å². The maximum atomic E-state index is 13.8. The molecule has 4 nitrogen and oxygen atoms in total. The molecule has 1 N–H and O–H groups in total. The topological polar surface area (TPSA) is 59.2 Å². The molecule has 6 heteroatoms. The normalized spacial score (nSPS) is 12.1. The molecule has 0 aliphatic rings. The van der Waals surface area contributed by atoms with Crippen LogP contribution in [0.2, 0.25) is 0 Å². The predicted octanol–water partition coefficient (Wildman–Crippen LogP) is 5.07. The molecule has 0 saturated carbocycles. The summed E-state index contributed by atoms with van der Waals surface area (Å²) in [5, 5.41) is 15.1. The number of aliphatic hydroxyl groups excluding tert-OH is 1. The Kier molecular flexibility index (Phi) is 4.71. The average Bonchev–Trinajstić information content (AvgIpc) is 3.13. The van der Waals surface area contributed by atoms with Crippen molar-refractivity contribution in [1.29, 1.82) is 0 Å². The molecule has 28 heavy (non-hydrogen) atoms. The maximum absolute atomic E-state index is 13.8. The van der Waals surface area contributed by atoms with Crippen molar-refractivity contribution in [3.63, 3.8) is 0 Å². The van der Waals surface area contributed by atoms with Crippen LogP contribution in [0.3, 0.4) is 0 Å². The quantitative estimate of drug-likeness (QED) is 0.538. The van der Waals surface area contributed by atoms with Gasteiger partial charge in [-0.3, -0.25) is 4.98 Å². The van der Waals surface area contributed by atoms with Gasteiger partial charge >= 0.3 is 0 Å². The van der Waals surface area contributed by atoms with Crippen LogP contribution in [0.1, 0.15) is 22.8 Å². The molecule has 0 saturated heterocycles. The lowest BCUT2D eigenvalue weighted by molar-refractivity contribution is 0.220. The van der Waals surface area contributed by atoms with E-state index >= 15 is 0 Å². The Balaban J connectivity index is 1.93. The highest BCUT2D eigenvalue weighted by Gasteiger charge is 2.27. The molecule has 0 aliphatic heterocycles. The molecular weight excluding hydrogens is 362 g/mol. The van der Waals surface area contributed by atoms with Gasteiger partial charge in [-0.2, -0.15) is 0 Å². The van der Waals surface area contributed by atoms with Gasteiger partial charge in [0.15, 0.2) is 5.76 Å². The summed E-state index contributed by atoms with van der Waals surface area (Å²) in [5.41, 5.74) is 2.94. The van der Waals surface area contributed by atoms with Crippen molar-refractivity contribution >= 4 is 0 Å². The second kappa shape index (κ2) is 7.32. The van der Waals surface area contributed by atoms with E-state index in [9.17, 15) is 13.9 Å². The van der Waals surface area contributed by atoms with E-state index in [1.54, 1.807) is 18.3 Å². The highest BCUT2D eigenvalue weighted by molar-refractivity contribution is 5.74. The van der Waals surface area contributed by atoms with Crippen molar-refractivity contribution in [1.82, 2.24) is 10.1 Å². The summed E-state index contributed by atoms with van der Waals surface area (Å²) in [4.78, 5) is 4.03. The third kappa shape index (κ3) is 3.42. The number of pyridine rings is 1. The molecule has 0 amide bonds. The molecule has 1 unspecified atom stereocenters. The van der Waals surface area contributed by atoms with Gasteiger partial charge in [-0.1, -0.05) is 41.1 Å². The number of rotatable bonds is 4. The number of hydrogen-bond donors (Lipinski definition) is 1. The maximum Gasteiger partial charge on any atom is 0.173 e. The third-order valence-corrected chi connectivity index (χ3v) is 4.45. The Hall–Kier alpha value is -3.38. The summed E-state index contributed by atoms with van der Waals surface area (Å²) < 4.78 is 33.1. The zero-order chi connectivity index (χ0) is 19.7. The number of benzene rings is 2. The van der Waals surface area contributed by atoms with Crippen LogP contribution in [0.25, 0.3) is 22.6 Å². The molecule has 2 aromatic carbocycles. The van der Waals surface area contributed by atoms with Crippen molar-refractivity contribution in [2.24, 2.45) is 0 Å². The Morgan fingerprint density at radius 3 is 2.32 bits per heavy atom. The molecule has 0 radical (unpaired) electrons. The molecule has 140 valence electrons. The number of aryl methyl sites for hydroxylation is 1. The van der Waals surface area contributed by atoms with Crippen LogP contribution in [-0.4, -0.2) is 15.2 Å². The molecule has 0 aliphatic carbocycles. The Bertz CT molecular complexity index is 1090. The zero-order valence-corrected chi connectivity index (χ0v) is 14.9. The van der Waals surface area contributed by atoms with Crippen LogP contribution >= 0.6 is 0 Å². The van der Waals surface area contributed by atoms with Crippen LogP contribution in [0.15, 0.2) is 71.5 Å². The van der Waals surface area contributed by atoms with Gasteiger partial charge in [-0.05, 0) is 25.1 Å². The summed E-state index contributed by atoms with van der Waals surface area (Å²) in [6.45, 7) is 1.95. The second-order valence-electron chi connectivity index (χ2n) is 6.49. The first kappa shape index (κ1) is 18.0. The van der Waals surface area contributed by atoms with Gasteiger partial charge in [-0.25, -0.2) is 8.78 Å². The monoisotopic (exact) mass is 378 g/mol. The van der Waals surface area contributed by atoms with E-state index in [4.69, 9.17) is 4.52 Å². The van der Waals surface area contributed by atoms with E-state index in [1.807, 2.05) is 31.2 Å². The molecule has 2 aromatic heterocycles. The van der Waals surface area contributed by atoms with E-state index in [-0.39, 0.29) is 11.3 Å². The summed E-state index contributed by atoms with van der Waals surface area (Å²) in [6, 6.07) is 14.0. The van der Waals surface area contributed by atoms with Gasteiger partial charge in [-0.15, -0.1) is 0 Å². The Morgan fingerprint density at radius 1 is 0.964 bits per heavy atom. The second-order valence-corrected chi connectivity index (χ2v) is 6.49. The molecule has 2 heterocycles. The van der Waals surface area contributed by atoms with Gasteiger partial charge in [0, 0.05) is 35.2 Å². The third-order valence-electron chi connectivity index (χ3n) is 4.45. The molecule has 0 spiro atoms. The number of nitrogens with zero attached hydrogens (tertiary/aromatic N) is 2. The largest absolute Gasteiger partial charge is 0.383 e. The van der Waals surface area contributed by atoms with E-state index in [2.05, 4.69) is 10.1 Å². The number of hydrogen-bond acceptors (Lipinski definition) is 4. The van der Waals surface area contributed by atoms with Crippen molar-refractivity contribution < 1.29 is 18.4 Å². The highest BCUT2D eigenvalue weighted by Crippen LogP contribution is 2.39. The fraction of sp³-hybridized carbons (Fsp3) is 0.0909. The highest BCUT2D eigenvalue weighted by atomic mass is 19.1. The van der Waals surface area contributed by atoms with Crippen LogP contribution < -0.4 is 0 Å². The Labute approximate surface area is 160 Å². The van der Waals surface area contributed by atoms with E-state index in [1.165, 1.54) is 6.20 Å². The minimum Gasteiger partial charge on any atom is -0.383 e. The molecule has 1 atom stereocenters. The average molecular weight is 378 g/mol. The van der Waals surface area contributed by atoms with E-state index in [0.29, 0.717) is 22.5 Å². The van der Waals surface area contributed by atoms with Crippen molar-refractivity contribution in [2.75, 3.05) is 0 Å². The Morgan fingerprint density at radius 2 is 1.68 bits per heavy atom. The number of aliphatic hydroxyl groups is 1. The lowest BCUT2D eigenvalue weighted by atomic mass is 9.94. The first-order valence-corrected chi connectivity index (χ1v) is 8.64. The first-order chi connectivity index (χ1) is 13.5. The molecule has 4 aromatic rings. The SMILES string of the molecule is Cc1ccc(-c2onc(-c3cc(F)cc(F)c3)c2C(O)c2cccnc2)cc1. The van der Waals surface area contributed by atoms with Crippen molar-refractivity contribution in [2.45, 2.75) is 13.0 Å². The van der Waals surface area contributed by atoms with Gasteiger partial charge in [0.05, 0.1) is 5.56 Å². The number of aromatic nitrogens is 2. The molecule has 4 rings (SSSR count). The van der Waals surface area contributed by atoms with Crippen molar-refractivity contribution in [3.05, 3.63) is 95.3 Å². The van der Waals surface area contributed by atoms with Crippen molar-refractivity contribution in [3.8, 4) is 22.6 Å². The minimum absolute atomic E-state index is 0.172. The lowest BCUT2D eigenvalue weighted by Gasteiger charge is -2.13. The summed E-state index contributed by atoms with van der Waals surface area (Å²) in [6.07, 6.45) is 1.97.